The van der Waals surface area contributed by atoms with E-state index in [-0.39, 0.29) is 79.6 Å². The van der Waals surface area contributed by atoms with E-state index in [0.29, 0.717) is 37.2 Å². The third-order valence-corrected chi connectivity index (χ3v) is 12.2. The topological polar surface area (TPSA) is 161 Å². The van der Waals surface area contributed by atoms with Gasteiger partial charge in [0.15, 0.2) is 11.6 Å². The molecule has 6 atom stereocenters. The van der Waals surface area contributed by atoms with E-state index >= 15 is 4.39 Å². The lowest BCUT2D eigenvalue weighted by atomic mass is 9.73. The number of ketones is 1. The first-order valence-corrected chi connectivity index (χ1v) is 21.6. The molecule has 0 spiro atoms. The molecule has 0 bridgehead atoms. The van der Waals surface area contributed by atoms with Crippen molar-refractivity contribution >= 4 is 51.0 Å². The van der Waals surface area contributed by atoms with Crippen LogP contribution in [0.15, 0.2) is 47.6 Å². The number of nitrogens with one attached hydrogen (secondary N) is 2. The molecule has 3 heterocycles. The molecule has 4 N–H and O–H groups in total. The number of hydrogen-bond acceptors (Lipinski definition) is 11. The van der Waals surface area contributed by atoms with Crippen molar-refractivity contribution < 1.29 is 43.1 Å². The molecule has 12 nitrogen and oxygen atoms in total. The molecular formula is C44H61FN4O8S. The van der Waals surface area contributed by atoms with Crippen LogP contribution in [-0.2, 0) is 19.0 Å². The van der Waals surface area contributed by atoms with Crippen molar-refractivity contribution in [3.8, 4) is 11.5 Å². The number of fused-ring (bicyclic) bond motifs is 1. The van der Waals surface area contributed by atoms with Crippen molar-refractivity contribution in [3.63, 3.8) is 0 Å². The molecular weight excluding hydrogens is 764 g/mol. The van der Waals surface area contributed by atoms with Crippen LogP contribution in [0, 0.1) is 35.4 Å². The first kappa shape index (κ1) is 45.3. The lowest BCUT2D eigenvalue weighted by molar-refractivity contribution is -0.130. The zero-order valence-electron chi connectivity index (χ0n) is 34.3. The summed E-state index contributed by atoms with van der Waals surface area (Å²) in [6.07, 6.45) is 13.4. The van der Waals surface area contributed by atoms with Crippen LogP contribution in [0.3, 0.4) is 0 Å². The second-order valence-corrected chi connectivity index (χ2v) is 16.6. The van der Waals surface area contributed by atoms with Crippen LogP contribution >= 0.6 is 11.3 Å². The highest BCUT2D eigenvalue weighted by molar-refractivity contribution is 7.20. The number of anilines is 1. The fourth-order valence-corrected chi connectivity index (χ4v) is 8.67. The van der Waals surface area contributed by atoms with Gasteiger partial charge in [-0.15, -0.1) is 11.3 Å². The van der Waals surface area contributed by atoms with E-state index in [9.17, 15) is 14.7 Å². The van der Waals surface area contributed by atoms with Gasteiger partial charge in [-0.2, -0.15) is 0 Å². The molecule has 1 saturated carbocycles. The molecule has 1 fully saturated rings. The van der Waals surface area contributed by atoms with Crippen LogP contribution in [0.5, 0.6) is 11.5 Å². The van der Waals surface area contributed by atoms with Crippen LogP contribution in [0.25, 0.3) is 15.9 Å². The van der Waals surface area contributed by atoms with E-state index in [2.05, 4.69) is 41.8 Å². The summed E-state index contributed by atoms with van der Waals surface area (Å²) in [4.78, 5) is 35.7. The van der Waals surface area contributed by atoms with Gasteiger partial charge in [-0.05, 0) is 74.0 Å². The number of nitrogens with zero attached hydrogens (tertiary/aromatic N) is 2. The van der Waals surface area contributed by atoms with E-state index in [0.717, 1.165) is 72.2 Å². The maximum absolute atomic E-state index is 15.1. The lowest BCUT2D eigenvalue weighted by Crippen LogP contribution is -2.39. The van der Waals surface area contributed by atoms with Crippen molar-refractivity contribution in [1.82, 2.24) is 10.3 Å². The van der Waals surface area contributed by atoms with Crippen molar-refractivity contribution in [3.05, 3.63) is 53.3 Å². The Bertz CT molecular complexity index is 1830. The number of thiophene rings is 1. The fraction of sp³-hybridized carbons (Fsp3) is 0.591. The van der Waals surface area contributed by atoms with Gasteiger partial charge in [-0.1, -0.05) is 46.1 Å². The van der Waals surface area contributed by atoms with Gasteiger partial charge in [0, 0.05) is 62.3 Å². The number of Topliss-reactive ketones (excluding diaryl/α,β-unsaturated/α-hetero) is 1. The summed E-state index contributed by atoms with van der Waals surface area (Å²) in [5.74, 6) is 0.441. The van der Waals surface area contributed by atoms with Crippen LogP contribution in [0.2, 0.25) is 0 Å². The van der Waals surface area contributed by atoms with Gasteiger partial charge in [0.2, 0.25) is 0 Å². The second kappa shape index (κ2) is 23.1. The number of benzene rings is 1. The largest absolute Gasteiger partial charge is 0.453 e. The summed E-state index contributed by atoms with van der Waals surface area (Å²) in [5.41, 5.74) is 1.94. The minimum atomic E-state index is -0.591. The van der Waals surface area contributed by atoms with E-state index in [4.69, 9.17) is 29.0 Å². The monoisotopic (exact) mass is 824 g/mol. The van der Waals surface area contributed by atoms with E-state index < -0.39 is 5.82 Å². The number of hydrogen-bond donors (Lipinski definition) is 4. The molecule has 2 aromatic heterocycles. The Morgan fingerprint density at radius 1 is 1.07 bits per heavy atom. The molecule has 58 heavy (non-hydrogen) atoms. The lowest BCUT2D eigenvalue weighted by Gasteiger charge is -2.36. The first-order valence-electron chi connectivity index (χ1n) is 20.7. The molecule has 0 saturated heterocycles. The van der Waals surface area contributed by atoms with Crippen molar-refractivity contribution in [2.24, 2.45) is 34.6 Å². The summed E-state index contributed by atoms with van der Waals surface area (Å²) in [5, 5.41) is 24.1. The zero-order valence-corrected chi connectivity index (χ0v) is 35.1. The Morgan fingerprint density at radius 2 is 1.90 bits per heavy atom. The number of rotatable bonds is 26. The molecule has 318 valence electrons. The maximum Gasteiger partial charge on any atom is 0.319 e. The third-order valence-electron chi connectivity index (χ3n) is 11.1. The number of aliphatic hydroxyl groups is 2. The molecule has 2 aliphatic rings. The number of carbonyl (C=O) groups is 2. The number of aromatic nitrogens is 1. The molecule has 2 amide bonds. The summed E-state index contributed by atoms with van der Waals surface area (Å²) in [6, 6.07) is 7.91. The van der Waals surface area contributed by atoms with Crippen LogP contribution < -0.4 is 15.4 Å². The summed E-state index contributed by atoms with van der Waals surface area (Å²) in [6.45, 7) is 7.41. The Kier molecular flexibility index (Phi) is 18.1. The van der Waals surface area contributed by atoms with E-state index in [1.54, 1.807) is 25.4 Å². The molecule has 3 aromatic rings. The molecule has 1 aliphatic heterocycles. The number of ether oxygens (including phenoxy) is 4. The SMILES string of the molecule is CCCCC(CC1C=NC(c2cc3nccc(Oc4ccc(NC(=O)NC5CC5)cc4F)c3s2)=CC1)C(C)CC(C(COC)OCCOCCO)C(C)C(=O)CCO. The number of methoxy groups -OCH3 is 1. The van der Waals surface area contributed by atoms with E-state index in [1.807, 2.05) is 13.0 Å². The van der Waals surface area contributed by atoms with Crippen LogP contribution in [0.4, 0.5) is 14.9 Å². The van der Waals surface area contributed by atoms with Gasteiger partial charge in [0.25, 0.3) is 0 Å². The van der Waals surface area contributed by atoms with Crippen molar-refractivity contribution in [1.29, 1.82) is 0 Å². The molecule has 0 radical (unpaired) electrons. The molecule has 14 heteroatoms. The Hall–Kier alpha value is -3.79. The van der Waals surface area contributed by atoms with Gasteiger partial charge >= 0.3 is 6.03 Å². The number of amides is 2. The van der Waals surface area contributed by atoms with Gasteiger partial charge in [0.1, 0.15) is 11.5 Å². The predicted molar refractivity (Wildman–Crippen MR) is 226 cm³/mol. The van der Waals surface area contributed by atoms with Gasteiger partial charge in [-0.25, -0.2) is 9.18 Å². The number of urea groups is 1. The highest BCUT2D eigenvalue weighted by atomic mass is 32.1. The number of unbranched alkanes of at least 4 members (excludes halogenated alkanes) is 1. The average Bonchev–Trinajstić information content (AvgIpc) is 3.92. The Labute approximate surface area is 345 Å². The summed E-state index contributed by atoms with van der Waals surface area (Å²) in [7, 11) is 1.63. The fourth-order valence-electron chi connectivity index (χ4n) is 7.62. The van der Waals surface area contributed by atoms with Crippen LogP contribution in [-0.4, -0.2) is 92.1 Å². The van der Waals surface area contributed by atoms with Crippen molar-refractivity contribution in [2.75, 3.05) is 52.1 Å². The minimum absolute atomic E-state index is 0.0166. The molecule has 1 aromatic carbocycles. The van der Waals surface area contributed by atoms with E-state index in [1.165, 1.54) is 23.5 Å². The maximum atomic E-state index is 15.1. The first-order chi connectivity index (χ1) is 28.1. The quantitative estimate of drug-likeness (QED) is 0.0583. The molecule has 5 rings (SSSR count). The number of pyridine rings is 1. The average molecular weight is 825 g/mol. The molecule has 1 aliphatic carbocycles. The molecule has 6 unspecified atom stereocenters. The number of carbonyl (C=O) groups excluding carboxylic acids is 2. The Balaban J connectivity index is 1.24. The minimum Gasteiger partial charge on any atom is -0.453 e. The predicted octanol–water partition coefficient (Wildman–Crippen LogP) is 8.41. The van der Waals surface area contributed by atoms with Gasteiger partial charge in [0.05, 0.1) is 59.9 Å². The highest BCUT2D eigenvalue weighted by Gasteiger charge is 2.35. The normalized spacial score (nSPS) is 18.0. The second-order valence-electron chi connectivity index (χ2n) is 15.6. The smallest absolute Gasteiger partial charge is 0.319 e. The number of halogens is 1. The third kappa shape index (κ3) is 13.4. The zero-order chi connectivity index (χ0) is 41.4. The van der Waals surface area contributed by atoms with Gasteiger partial charge in [-0.3, -0.25) is 14.8 Å². The van der Waals surface area contributed by atoms with Crippen LogP contribution in [0.1, 0.15) is 83.4 Å². The standard InChI is InChI=1S/C44H61FN4O8S/c1-5-6-7-31(28(2)22-34(29(3)38(52)15-17-50)41(27-54-4)56-21-20-55-19-18-51)23-30-8-12-36(47-26-30)42-25-37-43(58-42)40(14-16-46-37)57-39-13-11-33(24-35(39)45)49-44(53)48-32-9-10-32/h11-14,16,24-26,28-32,34,41,50-51H,5-10,15,17-23,27H2,1-4H3,(H2,48,49,53). The van der Waals surface area contributed by atoms with Crippen molar-refractivity contribution in [2.45, 2.75) is 90.7 Å². The number of aliphatic hydroxyl groups excluding tert-OH is 2. The summed E-state index contributed by atoms with van der Waals surface area (Å²) < 4.78 is 39.2. The number of allylic oxidation sites excluding steroid dienone is 1. The highest BCUT2D eigenvalue weighted by Crippen LogP contribution is 2.41. The van der Waals surface area contributed by atoms with Gasteiger partial charge < -0.3 is 39.8 Å². The summed E-state index contributed by atoms with van der Waals surface area (Å²) >= 11 is 1.50. The number of aliphatic imine (C=N–C) groups is 1. The Morgan fingerprint density at radius 3 is 2.59 bits per heavy atom.